The van der Waals surface area contributed by atoms with E-state index < -0.39 is 76.4 Å². The lowest BCUT2D eigenvalue weighted by molar-refractivity contribution is -0.116. The highest BCUT2D eigenvalue weighted by molar-refractivity contribution is 6.02. The standard InChI is InChI=1S/C47H62N8O14/c1-44(2,3)66-40(62)52-31-17-26(18-32(24-31)53-41(63)67-45(4,5)6)37(58)48-15-13-35(56)50-29-21-28(39(60)61)22-30(23-29)51-36(57)14-16-49-38(59)27-19-33(54-42(64)68-46(7,8)9)25-34(20-27)55-43(65)69-47(10,11)12/h17-25H,13-16H2,1-12H3,(H,48,58)(H,49,59)(H,50,56)(H,51,57)(H,52,62)(H,53,63)(H,54,64)(H,55,65)(H,60,61). The number of carboxylic acids is 1. The van der Waals surface area contributed by atoms with Crippen LogP contribution in [0.15, 0.2) is 54.6 Å². The third-order valence-corrected chi connectivity index (χ3v) is 7.99. The second-order valence-electron chi connectivity index (χ2n) is 19.3. The lowest BCUT2D eigenvalue weighted by atomic mass is 10.1. The van der Waals surface area contributed by atoms with Crippen molar-refractivity contribution in [3.05, 3.63) is 71.3 Å². The fraction of sp³-hybridized carbons (Fsp3) is 0.426. The summed E-state index contributed by atoms with van der Waals surface area (Å²) in [5.74, 6) is -4.00. The average molecular weight is 963 g/mol. The monoisotopic (exact) mass is 962 g/mol. The number of carboxylic acid groups (broad SMARTS) is 1. The third kappa shape index (κ3) is 22.0. The Morgan fingerprint density at radius 1 is 0.377 bits per heavy atom. The Hall–Kier alpha value is -7.91. The van der Waals surface area contributed by atoms with Crippen LogP contribution >= 0.6 is 0 Å². The number of hydrogen-bond donors (Lipinski definition) is 9. The molecule has 0 atom stereocenters. The van der Waals surface area contributed by atoms with E-state index in [0.29, 0.717) is 0 Å². The van der Waals surface area contributed by atoms with Gasteiger partial charge in [-0.2, -0.15) is 0 Å². The van der Waals surface area contributed by atoms with E-state index in [0.717, 1.165) is 12.1 Å². The van der Waals surface area contributed by atoms with Crippen LogP contribution in [0.4, 0.5) is 53.3 Å². The molecule has 0 aliphatic heterocycles. The van der Waals surface area contributed by atoms with Crippen LogP contribution in [0.5, 0.6) is 0 Å². The van der Waals surface area contributed by atoms with Gasteiger partial charge in [-0.3, -0.25) is 40.4 Å². The van der Waals surface area contributed by atoms with E-state index in [1.165, 1.54) is 42.5 Å². The Morgan fingerprint density at radius 2 is 0.609 bits per heavy atom. The number of benzene rings is 3. The molecule has 8 amide bonds. The van der Waals surface area contributed by atoms with Gasteiger partial charge in [0.25, 0.3) is 11.8 Å². The lowest BCUT2D eigenvalue weighted by Gasteiger charge is -2.21. The van der Waals surface area contributed by atoms with Crippen LogP contribution in [0.2, 0.25) is 0 Å². The van der Waals surface area contributed by atoms with Gasteiger partial charge in [0.1, 0.15) is 22.4 Å². The number of aromatic carboxylic acids is 1. The minimum Gasteiger partial charge on any atom is -0.478 e. The van der Waals surface area contributed by atoms with Crippen molar-refractivity contribution in [2.24, 2.45) is 0 Å². The number of hydrogen-bond acceptors (Lipinski definition) is 13. The molecule has 3 aromatic rings. The van der Waals surface area contributed by atoms with E-state index in [-0.39, 0.29) is 76.7 Å². The third-order valence-electron chi connectivity index (χ3n) is 7.99. The van der Waals surface area contributed by atoms with Gasteiger partial charge in [-0.1, -0.05) is 0 Å². The summed E-state index contributed by atoms with van der Waals surface area (Å²) in [4.78, 5) is 114. The number of ether oxygens (including phenoxy) is 4. The van der Waals surface area contributed by atoms with E-state index in [1.807, 2.05) is 0 Å². The molecule has 69 heavy (non-hydrogen) atoms. The molecule has 0 unspecified atom stereocenters. The number of anilines is 6. The zero-order chi connectivity index (χ0) is 52.1. The fourth-order valence-electron chi connectivity index (χ4n) is 5.62. The number of amides is 8. The van der Waals surface area contributed by atoms with Crippen molar-refractivity contribution >= 4 is 88.1 Å². The Balaban J connectivity index is 1.66. The molecule has 0 radical (unpaired) electrons. The molecule has 374 valence electrons. The van der Waals surface area contributed by atoms with Gasteiger partial charge < -0.3 is 45.3 Å². The molecule has 0 aliphatic rings. The summed E-state index contributed by atoms with van der Waals surface area (Å²) in [6.07, 6.45) is -3.85. The lowest BCUT2D eigenvalue weighted by Crippen LogP contribution is -2.29. The molecule has 22 nitrogen and oxygen atoms in total. The van der Waals surface area contributed by atoms with Gasteiger partial charge in [-0.25, -0.2) is 24.0 Å². The number of carbonyl (C=O) groups is 9. The first-order chi connectivity index (χ1) is 31.7. The minimum absolute atomic E-state index is 0.00396. The molecule has 22 heteroatoms. The second-order valence-corrected chi connectivity index (χ2v) is 19.3. The van der Waals surface area contributed by atoms with Crippen molar-refractivity contribution in [3.8, 4) is 0 Å². The van der Waals surface area contributed by atoms with Crippen LogP contribution < -0.4 is 42.5 Å². The smallest absolute Gasteiger partial charge is 0.412 e. The van der Waals surface area contributed by atoms with Crippen molar-refractivity contribution in [3.63, 3.8) is 0 Å². The molecule has 9 N–H and O–H groups in total. The van der Waals surface area contributed by atoms with Gasteiger partial charge in [0.05, 0.1) is 5.56 Å². The molecule has 0 bridgehead atoms. The molecule has 0 saturated heterocycles. The maximum absolute atomic E-state index is 13.2. The molecular formula is C47H62N8O14. The fourth-order valence-corrected chi connectivity index (χ4v) is 5.62. The van der Waals surface area contributed by atoms with Crippen LogP contribution in [0, 0.1) is 0 Å². The number of rotatable bonds is 15. The second kappa shape index (κ2) is 23.2. The zero-order valence-electron chi connectivity index (χ0n) is 40.8. The van der Waals surface area contributed by atoms with Gasteiger partial charge in [0.15, 0.2) is 0 Å². The summed E-state index contributed by atoms with van der Waals surface area (Å²) in [6.45, 7) is 19.6. The van der Waals surface area contributed by atoms with Crippen molar-refractivity contribution in [2.75, 3.05) is 45.0 Å². The molecule has 0 aliphatic carbocycles. The molecule has 0 heterocycles. The highest BCUT2D eigenvalue weighted by Crippen LogP contribution is 2.24. The predicted octanol–water partition coefficient (Wildman–Crippen LogP) is 8.29. The van der Waals surface area contributed by atoms with Gasteiger partial charge in [-0.15, -0.1) is 0 Å². The molecular weight excluding hydrogens is 901 g/mol. The zero-order valence-corrected chi connectivity index (χ0v) is 40.8. The normalized spacial score (nSPS) is 11.4. The van der Waals surface area contributed by atoms with E-state index in [2.05, 4.69) is 42.5 Å². The summed E-state index contributed by atoms with van der Waals surface area (Å²) in [7, 11) is 0. The van der Waals surface area contributed by atoms with Crippen LogP contribution in [0.1, 0.15) is 127 Å². The number of nitrogens with one attached hydrogen (secondary N) is 8. The van der Waals surface area contributed by atoms with Crippen molar-refractivity contribution < 1.29 is 67.2 Å². The summed E-state index contributed by atoms with van der Waals surface area (Å²) in [5, 5.41) is 30.1. The Morgan fingerprint density at radius 3 is 0.841 bits per heavy atom. The van der Waals surface area contributed by atoms with E-state index in [4.69, 9.17) is 18.9 Å². The highest BCUT2D eigenvalue weighted by Gasteiger charge is 2.23. The van der Waals surface area contributed by atoms with Crippen molar-refractivity contribution in [2.45, 2.75) is 118 Å². The van der Waals surface area contributed by atoms with Gasteiger partial charge in [0.2, 0.25) is 11.8 Å². The van der Waals surface area contributed by atoms with Gasteiger partial charge in [0, 0.05) is 71.2 Å². The molecule has 0 fully saturated rings. The van der Waals surface area contributed by atoms with Crippen LogP contribution in [-0.4, -0.2) is 94.6 Å². The molecule has 0 aromatic heterocycles. The highest BCUT2D eigenvalue weighted by atomic mass is 16.6. The first kappa shape index (κ1) is 55.4. The first-order valence-corrected chi connectivity index (χ1v) is 21.6. The SMILES string of the molecule is CC(C)(C)OC(=O)Nc1cc(NC(=O)OC(C)(C)C)cc(C(=O)NCCC(=O)Nc2cc(NC(=O)CCNC(=O)c3cc(NC(=O)OC(C)(C)C)cc(NC(=O)OC(C)(C)C)c3)cc(C(=O)O)c2)c1. The van der Waals surface area contributed by atoms with Gasteiger partial charge in [-0.05, 0) is 138 Å². The van der Waals surface area contributed by atoms with Crippen LogP contribution in [-0.2, 0) is 28.5 Å². The molecule has 3 rings (SSSR count). The van der Waals surface area contributed by atoms with Crippen LogP contribution in [0.3, 0.4) is 0 Å². The maximum atomic E-state index is 13.2. The topological polar surface area (TPSA) is 307 Å². The summed E-state index contributed by atoms with van der Waals surface area (Å²) < 4.78 is 21.2. The molecule has 3 aromatic carbocycles. The summed E-state index contributed by atoms with van der Waals surface area (Å²) in [5.41, 5.74) is -3.19. The Labute approximate surface area is 399 Å². The van der Waals surface area contributed by atoms with Crippen LogP contribution in [0.25, 0.3) is 0 Å². The first-order valence-electron chi connectivity index (χ1n) is 21.6. The quantitative estimate of drug-likeness (QED) is 0.0648. The predicted molar refractivity (Wildman–Crippen MR) is 257 cm³/mol. The largest absolute Gasteiger partial charge is 0.478 e. The Bertz CT molecular complexity index is 2190. The molecule has 0 spiro atoms. The Kier molecular flexibility index (Phi) is 18.6. The summed E-state index contributed by atoms with van der Waals surface area (Å²) >= 11 is 0. The minimum atomic E-state index is -1.37. The average Bonchev–Trinajstić information content (AvgIpc) is 3.14. The van der Waals surface area contributed by atoms with E-state index >= 15 is 0 Å². The van der Waals surface area contributed by atoms with E-state index in [9.17, 15) is 48.3 Å². The maximum Gasteiger partial charge on any atom is 0.412 e. The van der Waals surface area contributed by atoms with E-state index in [1.54, 1.807) is 83.1 Å². The van der Waals surface area contributed by atoms with Gasteiger partial charge >= 0.3 is 30.3 Å². The molecule has 0 saturated carbocycles. The van der Waals surface area contributed by atoms with Crippen molar-refractivity contribution in [1.29, 1.82) is 0 Å². The van der Waals surface area contributed by atoms with Crippen molar-refractivity contribution in [1.82, 2.24) is 10.6 Å². The number of carbonyl (C=O) groups excluding carboxylic acids is 8. The summed E-state index contributed by atoms with van der Waals surface area (Å²) in [6, 6.07) is 11.7.